The van der Waals surface area contributed by atoms with Gasteiger partial charge in [0.2, 0.25) is 5.95 Å². The number of hydrogen-bond donors (Lipinski definition) is 1. The molecular formula is C31H39F3N6O2S. The topological polar surface area (TPSA) is 86.5 Å². The molecule has 2 aromatic rings. The minimum Gasteiger partial charge on any atom is -0.489 e. The molecule has 0 spiro atoms. The van der Waals surface area contributed by atoms with Gasteiger partial charge in [0.15, 0.2) is 5.75 Å². The number of likely N-dealkylation sites (N-methyl/N-ethyl adjacent to an activating group) is 1. The zero-order valence-electron chi connectivity index (χ0n) is 24.9. The van der Waals surface area contributed by atoms with Crippen LogP contribution in [-0.4, -0.2) is 71.4 Å². The molecule has 0 saturated heterocycles. The van der Waals surface area contributed by atoms with Crippen molar-refractivity contribution in [1.82, 2.24) is 19.8 Å². The van der Waals surface area contributed by atoms with Gasteiger partial charge in [-0.2, -0.15) is 30.2 Å². The lowest BCUT2D eigenvalue weighted by atomic mass is 10.0. The maximum Gasteiger partial charge on any atom is 0.416 e. The molecule has 1 aromatic carbocycles. The summed E-state index contributed by atoms with van der Waals surface area (Å²) in [6, 6.07) is 5.35. The minimum absolute atomic E-state index is 0.0418. The fraction of sp³-hybridized carbons (Fsp3) is 0.516. The number of thioether (sulfide) groups is 1. The molecule has 2 heterocycles. The van der Waals surface area contributed by atoms with Crippen LogP contribution in [0, 0.1) is 17.2 Å². The van der Waals surface area contributed by atoms with Crippen LogP contribution in [0.5, 0.6) is 5.75 Å². The summed E-state index contributed by atoms with van der Waals surface area (Å²) in [4.78, 5) is 13.1. The zero-order valence-corrected chi connectivity index (χ0v) is 25.7. The van der Waals surface area contributed by atoms with Crippen LogP contribution >= 0.6 is 11.8 Å². The fourth-order valence-corrected chi connectivity index (χ4v) is 5.79. The van der Waals surface area contributed by atoms with Crippen LogP contribution in [0.15, 0.2) is 54.1 Å². The van der Waals surface area contributed by atoms with Crippen molar-refractivity contribution in [3.63, 3.8) is 0 Å². The Kier molecular flexibility index (Phi) is 11.6. The summed E-state index contributed by atoms with van der Waals surface area (Å²) >= 11 is 1.69. The maximum atomic E-state index is 13.7. The third kappa shape index (κ3) is 8.80. The van der Waals surface area contributed by atoms with Crippen LogP contribution in [0.3, 0.4) is 0 Å². The molecule has 2 aliphatic rings. The summed E-state index contributed by atoms with van der Waals surface area (Å²) < 4.78 is 52.6. The molecular weight excluding hydrogens is 577 g/mol. The zero-order chi connectivity index (χ0) is 30.8. The average Bonchev–Trinajstić information content (AvgIpc) is 3.52. The third-order valence-corrected chi connectivity index (χ3v) is 8.26. The first kappa shape index (κ1) is 32.5. The van der Waals surface area contributed by atoms with E-state index in [0.717, 1.165) is 42.4 Å². The highest BCUT2D eigenvalue weighted by molar-refractivity contribution is 7.98. The van der Waals surface area contributed by atoms with Crippen molar-refractivity contribution in [2.45, 2.75) is 51.6 Å². The molecule has 1 atom stereocenters. The van der Waals surface area contributed by atoms with Gasteiger partial charge in [0, 0.05) is 32.5 Å². The van der Waals surface area contributed by atoms with Crippen LogP contribution < -0.4 is 10.1 Å². The monoisotopic (exact) mass is 616 g/mol. The second-order valence-electron chi connectivity index (χ2n) is 10.6. The molecule has 1 saturated carbocycles. The summed E-state index contributed by atoms with van der Waals surface area (Å²) in [7, 11) is 1.57. The quantitative estimate of drug-likeness (QED) is 0.246. The Balaban J connectivity index is 1.67. The van der Waals surface area contributed by atoms with Gasteiger partial charge in [-0.05, 0) is 67.9 Å². The van der Waals surface area contributed by atoms with E-state index in [2.05, 4.69) is 27.1 Å². The number of benzene rings is 1. The van der Waals surface area contributed by atoms with Crippen molar-refractivity contribution < 1.29 is 22.6 Å². The van der Waals surface area contributed by atoms with Crippen LogP contribution in [-0.2, 0) is 17.5 Å². The number of nitrogens with one attached hydrogen (secondary N) is 1. The number of alkyl halides is 3. The van der Waals surface area contributed by atoms with E-state index in [-0.39, 0.29) is 12.1 Å². The SMILES string of the molecule is CCN(CC1CCCC1)C1=C(CNc2ncc(OCCSC)cn2)N(Cc2cc(C#N)cc(C(F)(F)F)c2)C(OC)C=C1. The Morgan fingerprint density at radius 1 is 1.19 bits per heavy atom. The third-order valence-electron chi connectivity index (χ3n) is 7.69. The lowest BCUT2D eigenvalue weighted by Gasteiger charge is -2.40. The lowest BCUT2D eigenvalue weighted by Crippen LogP contribution is -2.42. The summed E-state index contributed by atoms with van der Waals surface area (Å²) in [5.74, 6) is 2.43. The van der Waals surface area contributed by atoms with Crippen molar-refractivity contribution in [3.05, 3.63) is 70.8 Å². The summed E-state index contributed by atoms with van der Waals surface area (Å²) in [5, 5.41) is 12.8. The molecule has 4 rings (SSSR count). The van der Waals surface area contributed by atoms with Crippen molar-refractivity contribution in [1.29, 1.82) is 5.26 Å². The van der Waals surface area contributed by atoms with Gasteiger partial charge in [-0.3, -0.25) is 0 Å². The minimum atomic E-state index is -4.57. The number of anilines is 1. The Morgan fingerprint density at radius 2 is 1.93 bits per heavy atom. The standard InChI is InChI=1S/C31H39F3N6O2S/c1-4-39(20-22-7-5-6-8-22)27-9-10-29(41-2)40(21-24-13-23(16-35)14-25(15-24)31(32,33)34)28(27)19-38-30-36-17-26(18-37-30)42-11-12-43-3/h9-10,13-15,17-18,22,29H,4-8,11-12,19-21H2,1-3H3,(H,36,37,38). The Hall–Kier alpha value is -3.43. The molecule has 1 unspecified atom stereocenters. The van der Waals surface area contributed by atoms with Gasteiger partial charge in [0.25, 0.3) is 0 Å². The van der Waals surface area contributed by atoms with E-state index in [0.29, 0.717) is 36.3 Å². The van der Waals surface area contributed by atoms with Crippen LogP contribution in [0.2, 0.25) is 0 Å². The average molecular weight is 617 g/mol. The summed E-state index contributed by atoms with van der Waals surface area (Å²) in [6.45, 7) is 4.74. The smallest absolute Gasteiger partial charge is 0.416 e. The molecule has 1 fully saturated rings. The van der Waals surface area contributed by atoms with Gasteiger partial charge >= 0.3 is 6.18 Å². The second kappa shape index (κ2) is 15.3. The number of rotatable bonds is 14. The van der Waals surface area contributed by atoms with E-state index in [1.165, 1.54) is 31.7 Å². The molecule has 0 amide bonds. The predicted octanol–water partition coefficient (Wildman–Crippen LogP) is 6.29. The second-order valence-corrected chi connectivity index (χ2v) is 11.6. The van der Waals surface area contributed by atoms with E-state index in [1.54, 1.807) is 31.3 Å². The lowest BCUT2D eigenvalue weighted by molar-refractivity contribution is -0.137. The van der Waals surface area contributed by atoms with Gasteiger partial charge < -0.3 is 24.6 Å². The molecule has 1 aromatic heterocycles. The Bertz CT molecular complexity index is 1310. The Labute approximate surface area is 256 Å². The molecule has 1 aliphatic carbocycles. The number of nitriles is 1. The number of nitrogens with zero attached hydrogens (tertiary/aromatic N) is 5. The molecule has 1 aliphatic heterocycles. The number of aromatic nitrogens is 2. The van der Waals surface area contributed by atoms with Gasteiger partial charge in [0.1, 0.15) is 6.23 Å². The molecule has 1 N–H and O–H groups in total. The number of halogens is 3. The predicted molar refractivity (Wildman–Crippen MR) is 162 cm³/mol. The highest BCUT2D eigenvalue weighted by atomic mass is 32.2. The van der Waals surface area contributed by atoms with Crippen molar-refractivity contribution in [2.24, 2.45) is 5.92 Å². The fourth-order valence-electron chi connectivity index (χ4n) is 5.54. The normalized spacial score (nSPS) is 17.3. The van der Waals surface area contributed by atoms with Gasteiger partial charge in [-0.25, -0.2) is 9.97 Å². The molecule has 0 radical (unpaired) electrons. The highest BCUT2D eigenvalue weighted by Gasteiger charge is 2.33. The van der Waals surface area contributed by atoms with Crippen LogP contribution in [0.1, 0.15) is 49.3 Å². The van der Waals surface area contributed by atoms with E-state index in [1.807, 2.05) is 29.4 Å². The first-order valence-corrected chi connectivity index (χ1v) is 15.9. The van der Waals surface area contributed by atoms with Crippen LogP contribution in [0.25, 0.3) is 0 Å². The molecule has 43 heavy (non-hydrogen) atoms. The largest absolute Gasteiger partial charge is 0.489 e. The van der Waals surface area contributed by atoms with Gasteiger partial charge in [-0.15, -0.1) is 0 Å². The highest BCUT2D eigenvalue weighted by Crippen LogP contribution is 2.34. The number of allylic oxidation sites excluding steroid dienone is 1. The summed E-state index contributed by atoms with van der Waals surface area (Å²) in [6.07, 6.45) is 8.94. The molecule has 8 nitrogen and oxygen atoms in total. The van der Waals surface area contributed by atoms with Crippen molar-refractivity contribution in [3.8, 4) is 11.8 Å². The summed E-state index contributed by atoms with van der Waals surface area (Å²) in [5.41, 5.74) is 1.28. The first-order valence-electron chi connectivity index (χ1n) is 14.5. The van der Waals surface area contributed by atoms with E-state index < -0.39 is 18.0 Å². The van der Waals surface area contributed by atoms with Gasteiger partial charge in [0.05, 0.1) is 54.1 Å². The Morgan fingerprint density at radius 3 is 2.56 bits per heavy atom. The van der Waals surface area contributed by atoms with E-state index >= 15 is 0 Å². The van der Waals surface area contributed by atoms with Gasteiger partial charge in [-0.1, -0.05) is 12.8 Å². The first-order chi connectivity index (χ1) is 20.7. The van der Waals surface area contributed by atoms with E-state index in [4.69, 9.17) is 9.47 Å². The van der Waals surface area contributed by atoms with Crippen LogP contribution in [0.4, 0.5) is 19.1 Å². The maximum absolute atomic E-state index is 13.7. The number of ether oxygens (including phenoxy) is 2. The van der Waals surface area contributed by atoms with Crippen molar-refractivity contribution >= 4 is 17.7 Å². The molecule has 232 valence electrons. The number of hydrogen-bond acceptors (Lipinski definition) is 9. The van der Waals surface area contributed by atoms with E-state index in [9.17, 15) is 18.4 Å². The number of methoxy groups -OCH3 is 1. The molecule has 12 heteroatoms. The molecule has 0 bridgehead atoms. The van der Waals surface area contributed by atoms with Crippen molar-refractivity contribution in [2.75, 3.05) is 50.7 Å².